The van der Waals surface area contributed by atoms with Gasteiger partial charge in [0.1, 0.15) is 5.75 Å². The van der Waals surface area contributed by atoms with Crippen molar-refractivity contribution in [3.05, 3.63) is 81.6 Å². The minimum Gasteiger partial charge on any atom is -0.507 e. The van der Waals surface area contributed by atoms with Crippen LogP contribution in [0.3, 0.4) is 0 Å². The van der Waals surface area contributed by atoms with Crippen LogP contribution in [0.2, 0.25) is 5.02 Å². The van der Waals surface area contributed by atoms with Crippen LogP contribution in [0, 0.1) is 5.92 Å². The Hall–Kier alpha value is -2.79. The van der Waals surface area contributed by atoms with Crippen LogP contribution in [0.25, 0.3) is 0 Å². The number of halogens is 1. The number of carbonyl (C=O) groups is 1. The van der Waals surface area contributed by atoms with Gasteiger partial charge in [0.2, 0.25) is 0 Å². The second kappa shape index (κ2) is 8.99. The van der Waals surface area contributed by atoms with Gasteiger partial charge < -0.3 is 10.4 Å². The maximum absolute atomic E-state index is 12.7. The number of hydrogen-bond acceptors (Lipinski definition) is 3. The monoisotopic (exact) mass is 449 g/mol. The SMILES string of the molecule is O=C(NCC(CCc1cc(C2CC2)n[nH]1)C1CCc2cc(Cl)ccc21)c1ccccc1O. The van der Waals surface area contributed by atoms with Crippen molar-refractivity contribution in [2.45, 2.75) is 50.4 Å². The predicted molar refractivity (Wildman–Crippen MR) is 125 cm³/mol. The van der Waals surface area contributed by atoms with E-state index in [-0.39, 0.29) is 17.6 Å². The summed E-state index contributed by atoms with van der Waals surface area (Å²) in [7, 11) is 0. The Morgan fingerprint density at radius 2 is 2.03 bits per heavy atom. The molecule has 5 rings (SSSR count). The molecule has 166 valence electrons. The number of H-pyrrole nitrogens is 1. The third-order valence-electron chi connectivity index (χ3n) is 6.90. The van der Waals surface area contributed by atoms with Gasteiger partial charge in [-0.2, -0.15) is 5.10 Å². The molecule has 2 aromatic carbocycles. The fourth-order valence-electron chi connectivity index (χ4n) is 4.98. The van der Waals surface area contributed by atoms with Crippen LogP contribution in [-0.4, -0.2) is 27.8 Å². The van der Waals surface area contributed by atoms with Crippen LogP contribution in [0.5, 0.6) is 5.75 Å². The number of nitrogens with zero attached hydrogens (tertiary/aromatic N) is 1. The molecule has 0 spiro atoms. The topological polar surface area (TPSA) is 78.0 Å². The summed E-state index contributed by atoms with van der Waals surface area (Å²) in [4.78, 5) is 12.7. The summed E-state index contributed by atoms with van der Waals surface area (Å²) in [6.45, 7) is 0.559. The van der Waals surface area contributed by atoms with E-state index in [1.54, 1.807) is 24.3 Å². The van der Waals surface area contributed by atoms with Crippen molar-refractivity contribution in [1.82, 2.24) is 15.5 Å². The maximum atomic E-state index is 12.7. The average Bonchev–Trinajstić information content (AvgIpc) is 3.39. The van der Waals surface area contributed by atoms with E-state index in [9.17, 15) is 9.90 Å². The van der Waals surface area contributed by atoms with Gasteiger partial charge in [-0.05, 0) is 91.8 Å². The summed E-state index contributed by atoms with van der Waals surface area (Å²) in [5, 5.41) is 21.6. The third-order valence-corrected chi connectivity index (χ3v) is 7.14. The summed E-state index contributed by atoms with van der Waals surface area (Å²) < 4.78 is 0. The highest BCUT2D eigenvalue weighted by Gasteiger charge is 2.31. The molecule has 1 saturated carbocycles. The Morgan fingerprint density at radius 1 is 1.19 bits per heavy atom. The van der Waals surface area contributed by atoms with Gasteiger partial charge in [0.25, 0.3) is 5.91 Å². The van der Waals surface area contributed by atoms with Gasteiger partial charge in [-0.15, -0.1) is 0 Å². The molecule has 0 bridgehead atoms. The predicted octanol–water partition coefficient (Wildman–Crippen LogP) is 5.35. The Bertz CT molecular complexity index is 1120. The molecule has 2 aliphatic carbocycles. The lowest BCUT2D eigenvalue weighted by atomic mass is 9.83. The van der Waals surface area contributed by atoms with E-state index in [1.807, 2.05) is 6.07 Å². The number of fused-ring (bicyclic) bond motifs is 1. The number of rotatable bonds is 8. The molecule has 1 fully saturated rings. The number of phenolic OH excluding ortho intramolecular Hbond substituents is 1. The van der Waals surface area contributed by atoms with Crippen LogP contribution in [0.4, 0.5) is 0 Å². The fraction of sp³-hybridized carbons (Fsp3) is 0.385. The van der Waals surface area contributed by atoms with Gasteiger partial charge in [-0.25, -0.2) is 0 Å². The first-order chi connectivity index (χ1) is 15.6. The van der Waals surface area contributed by atoms with Crippen molar-refractivity contribution < 1.29 is 9.90 Å². The van der Waals surface area contributed by atoms with Gasteiger partial charge in [0.05, 0.1) is 11.3 Å². The second-order valence-corrected chi connectivity index (χ2v) is 9.54. The standard InChI is InChI=1S/C26H28ClN3O2/c27-19-9-12-21-17(13-19)8-11-22(21)18(7-10-20-14-24(30-29-20)16-5-6-16)15-28-26(32)23-3-1-2-4-25(23)31/h1-4,9,12-14,16,18,22,31H,5-8,10-11,15H2,(H,28,32)(H,29,30). The number of para-hydroxylation sites is 1. The number of aromatic nitrogens is 2. The zero-order valence-corrected chi connectivity index (χ0v) is 18.7. The molecule has 0 saturated heterocycles. The number of aromatic amines is 1. The van der Waals surface area contributed by atoms with Crippen molar-refractivity contribution in [1.29, 1.82) is 0 Å². The highest BCUT2D eigenvalue weighted by atomic mass is 35.5. The molecule has 32 heavy (non-hydrogen) atoms. The summed E-state index contributed by atoms with van der Waals surface area (Å²) in [5.41, 5.74) is 5.33. The summed E-state index contributed by atoms with van der Waals surface area (Å²) >= 11 is 6.22. The van der Waals surface area contributed by atoms with E-state index in [0.29, 0.717) is 23.9 Å². The Balaban J connectivity index is 1.31. The van der Waals surface area contributed by atoms with E-state index in [1.165, 1.54) is 35.4 Å². The number of hydrogen-bond donors (Lipinski definition) is 3. The minimum atomic E-state index is -0.236. The molecule has 2 unspecified atom stereocenters. The summed E-state index contributed by atoms with van der Waals surface area (Å²) in [6.07, 6.45) is 6.40. The van der Waals surface area contributed by atoms with Gasteiger partial charge in [0, 0.05) is 23.2 Å². The minimum absolute atomic E-state index is 0.00692. The highest BCUT2D eigenvalue weighted by molar-refractivity contribution is 6.30. The van der Waals surface area contributed by atoms with Crippen molar-refractivity contribution in [3.8, 4) is 5.75 Å². The molecular formula is C26H28ClN3O2. The summed E-state index contributed by atoms with van der Waals surface area (Å²) in [5.74, 6) is 1.06. The zero-order chi connectivity index (χ0) is 22.1. The van der Waals surface area contributed by atoms with E-state index in [0.717, 1.165) is 30.7 Å². The molecule has 3 N–H and O–H groups in total. The van der Waals surface area contributed by atoms with Crippen molar-refractivity contribution in [3.63, 3.8) is 0 Å². The third kappa shape index (κ3) is 4.53. The molecule has 1 amide bonds. The lowest BCUT2D eigenvalue weighted by Crippen LogP contribution is -2.32. The Kier molecular flexibility index (Phi) is 5.92. The van der Waals surface area contributed by atoms with Crippen molar-refractivity contribution in [2.75, 3.05) is 6.54 Å². The van der Waals surface area contributed by atoms with E-state index in [2.05, 4.69) is 33.7 Å². The Labute approximate surface area is 193 Å². The number of benzene rings is 2. The van der Waals surface area contributed by atoms with E-state index >= 15 is 0 Å². The van der Waals surface area contributed by atoms with Crippen LogP contribution in [-0.2, 0) is 12.8 Å². The lowest BCUT2D eigenvalue weighted by Gasteiger charge is -2.25. The molecule has 2 aliphatic rings. The van der Waals surface area contributed by atoms with Crippen LogP contribution in [0.1, 0.15) is 70.4 Å². The first kappa shape index (κ1) is 21.1. The van der Waals surface area contributed by atoms with Crippen LogP contribution < -0.4 is 5.32 Å². The number of aryl methyl sites for hydroxylation is 2. The first-order valence-electron chi connectivity index (χ1n) is 11.5. The number of aromatic hydroxyl groups is 1. The van der Waals surface area contributed by atoms with Crippen molar-refractivity contribution >= 4 is 17.5 Å². The van der Waals surface area contributed by atoms with E-state index in [4.69, 9.17) is 11.6 Å². The number of nitrogens with one attached hydrogen (secondary N) is 2. The molecule has 2 atom stereocenters. The molecule has 1 heterocycles. The largest absolute Gasteiger partial charge is 0.507 e. The number of amides is 1. The molecule has 6 heteroatoms. The van der Waals surface area contributed by atoms with Gasteiger partial charge in [-0.1, -0.05) is 29.8 Å². The molecule has 1 aromatic heterocycles. The molecule has 0 radical (unpaired) electrons. The van der Waals surface area contributed by atoms with Crippen molar-refractivity contribution in [2.24, 2.45) is 5.92 Å². The first-order valence-corrected chi connectivity index (χ1v) is 11.8. The highest BCUT2D eigenvalue weighted by Crippen LogP contribution is 2.42. The fourth-order valence-corrected chi connectivity index (χ4v) is 5.17. The number of phenols is 1. The lowest BCUT2D eigenvalue weighted by molar-refractivity contribution is 0.0941. The maximum Gasteiger partial charge on any atom is 0.255 e. The second-order valence-electron chi connectivity index (χ2n) is 9.11. The molecular weight excluding hydrogens is 422 g/mol. The smallest absolute Gasteiger partial charge is 0.255 e. The van der Waals surface area contributed by atoms with E-state index < -0.39 is 0 Å². The average molecular weight is 450 g/mol. The molecule has 5 nitrogen and oxygen atoms in total. The quantitative estimate of drug-likeness (QED) is 0.433. The zero-order valence-electron chi connectivity index (χ0n) is 18.0. The molecule has 3 aromatic rings. The number of carbonyl (C=O) groups excluding carboxylic acids is 1. The summed E-state index contributed by atoms with van der Waals surface area (Å²) in [6, 6.07) is 15.1. The van der Waals surface area contributed by atoms with Crippen LogP contribution in [0.15, 0.2) is 48.5 Å². The van der Waals surface area contributed by atoms with Gasteiger partial charge in [0.15, 0.2) is 0 Å². The molecule has 0 aliphatic heterocycles. The Morgan fingerprint density at radius 3 is 2.84 bits per heavy atom. The van der Waals surface area contributed by atoms with Crippen LogP contribution >= 0.6 is 11.6 Å². The van der Waals surface area contributed by atoms with Gasteiger partial charge in [-0.3, -0.25) is 9.89 Å². The van der Waals surface area contributed by atoms with Gasteiger partial charge >= 0.3 is 0 Å². The normalized spacial score (nSPS) is 18.3.